The fraction of sp³-hybridized carbons (Fsp3) is 0.263. The summed E-state index contributed by atoms with van der Waals surface area (Å²) in [6.07, 6.45) is 0.641. The van der Waals surface area contributed by atoms with Crippen LogP contribution in [-0.2, 0) is 6.42 Å². The highest BCUT2D eigenvalue weighted by molar-refractivity contribution is 6.15. The summed E-state index contributed by atoms with van der Waals surface area (Å²) < 4.78 is 0. The lowest BCUT2D eigenvalue weighted by Gasteiger charge is -2.21. The van der Waals surface area contributed by atoms with Crippen LogP contribution in [0.4, 0.5) is 0 Å². The van der Waals surface area contributed by atoms with Crippen molar-refractivity contribution in [1.82, 2.24) is 0 Å². The van der Waals surface area contributed by atoms with Crippen LogP contribution < -0.4 is 0 Å². The van der Waals surface area contributed by atoms with Crippen LogP contribution in [0.3, 0.4) is 0 Å². The lowest BCUT2D eigenvalue weighted by atomic mass is 9.83. The maximum absolute atomic E-state index is 12.8. The topological polar surface area (TPSA) is 54.4 Å². The molecule has 0 saturated heterocycles. The fourth-order valence-corrected chi connectivity index (χ4v) is 2.50. The van der Waals surface area contributed by atoms with E-state index in [-0.39, 0.29) is 16.8 Å². The molecular formula is C19H20O3. The van der Waals surface area contributed by atoms with Crippen molar-refractivity contribution in [3.05, 3.63) is 70.8 Å². The van der Waals surface area contributed by atoms with Gasteiger partial charge in [-0.15, -0.1) is 0 Å². The maximum Gasteiger partial charge on any atom is 0.336 e. The zero-order valence-corrected chi connectivity index (χ0v) is 13.1. The summed E-state index contributed by atoms with van der Waals surface area (Å²) in [5, 5.41) is 9.43. The highest BCUT2D eigenvalue weighted by Crippen LogP contribution is 2.27. The number of carboxylic acid groups (broad SMARTS) is 1. The Bertz CT molecular complexity index is 694. The van der Waals surface area contributed by atoms with Crippen molar-refractivity contribution in [1.29, 1.82) is 0 Å². The molecule has 114 valence electrons. The highest BCUT2D eigenvalue weighted by Gasteiger charge is 2.24. The van der Waals surface area contributed by atoms with Crippen molar-refractivity contribution in [2.24, 2.45) is 5.41 Å². The lowest BCUT2D eigenvalue weighted by Crippen LogP contribution is -2.17. The van der Waals surface area contributed by atoms with Gasteiger partial charge in [0.05, 0.1) is 5.56 Å². The quantitative estimate of drug-likeness (QED) is 0.860. The number of carbonyl (C=O) groups excluding carboxylic acids is 1. The van der Waals surface area contributed by atoms with Crippen LogP contribution in [0.15, 0.2) is 48.5 Å². The summed E-state index contributed by atoms with van der Waals surface area (Å²) in [6.45, 7) is 6.20. The van der Waals surface area contributed by atoms with E-state index in [0.29, 0.717) is 17.5 Å². The van der Waals surface area contributed by atoms with Gasteiger partial charge in [-0.3, -0.25) is 4.79 Å². The fourth-order valence-electron chi connectivity index (χ4n) is 2.50. The summed E-state index contributed by atoms with van der Waals surface area (Å²) in [4.78, 5) is 24.3. The highest BCUT2D eigenvalue weighted by atomic mass is 16.4. The van der Waals surface area contributed by atoms with Crippen molar-refractivity contribution >= 4 is 11.8 Å². The average Bonchev–Trinajstić information content (AvgIpc) is 2.45. The lowest BCUT2D eigenvalue weighted by molar-refractivity contribution is 0.0692. The van der Waals surface area contributed by atoms with E-state index in [0.717, 1.165) is 5.56 Å². The van der Waals surface area contributed by atoms with E-state index in [4.69, 9.17) is 0 Å². The van der Waals surface area contributed by atoms with Crippen molar-refractivity contribution in [2.75, 3.05) is 0 Å². The van der Waals surface area contributed by atoms with E-state index in [1.54, 1.807) is 30.3 Å². The second kappa shape index (κ2) is 6.14. The van der Waals surface area contributed by atoms with Crippen LogP contribution in [0.1, 0.15) is 52.6 Å². The Hall–Kier alpha value is -2.42. The Labute approximate surface area is 130 Å². The molecule has 0 unspecified atom stereocenters. The minimum Gasteiger partial charge on any atom is -0.478 e. The van der Waals surface area contributed by atoms with Crippen molar-refractivity contribution in [2.45, 2.75) is 27.2 Å². The molecular weight excluding hydrogens is 276 g/mol. The Kier molecular flexibility index (Phi) is 4.45. The van der Waals surface area contributed by atoms with Gasteiger partial charge in [0, 0.05) is 11.1 Å². The average molecular weight is 296 g/mol. The number of hydrogen-bond acceptors (Lipinski definition) is 2. The van der Waals surface area contributed by atoms with Gasteiger partial charge in [0.1, 0.15) is 0 Å². The SMILES string of the molecule is CC(C)(C)Cc1cccc(C(=O)O)c1C(=O)c1ccccc1. The van der Waals surface area contributed by atoms with Gasteiger partial charge in [0.2, 0.25) is 0 Å². The van der Waals surface area contributed by atoms with Crippen LogP contribution in [0.2, 0.25) is 0 Å². The molecule has 0 heterocycles. The first-order chi connectivity index (χ1) is 10.3. The molecule has 2 rings (SSSR count). The molecule has 22 heavy (non-hydrogen) atoms. The summed E-state index contributed by atoms with van der Waals surface area (Å²) in [7, 11) is 0. The first-order valence-electron chi connectivity index (χ1n) is 7.24. The van der Waals surface area contributed by atoms with Gasteiger partial charge in [-0.05, 0) is 23.5 Å². The molecule has 0 aromatic heterocycles. The number of carboxylic acids is 1. The number of rotatable bonds is 4. The Morgan fingerprint density at radius 1 is 0.955 bits per heavy atom. The van der Waals surface area contributed by atoms with Crippen molar-refractivity contribution in [3.8, 4) is 0 Å². The summed E-state index contributed by atoms with van der Waals surface area (Å²) >= 11 is 0. The zero-order chi connectivity index (χ0) is 16.3. The third-order valence-corrected chi connectivity index (χ3v) is 3.36. The molecule has 0 aliphatic carbocycles. The van der Waals surface area contributed by atoms with Gasteiger partial charge in [-0.2, -0.15) is 0 Å². The third kappa shape index (κ3) is 3.61. The van der Waals surface area contributed by atoms with Crippen molar-refractivity contribution < 1.29 is 14.7 Å². The molecule has 0 amide bonds. The molecule has 0 aliphatic heterocycles. The van der Waals surface area contributed by atoms with Gasteiger partial charge >= 0.3 is 5.97 Å². The Morgan fingerprint density at radius 3 is 2.14 bits per heavy atom. The smallest absolute Gasteiger partial charge is 0.336 e. The van der Waals surface area contributed by atoms with E-state index in [2.05, 4.69) is 20.8 Å². The van der Waals surface area contributed by atoms with E-state index in [1.807, 2.05) is 12.1 Å². The minimum atomic E-state index is -1.07. The number of benzene rings is 2. The number of hydrogen-bond donors (Lipinski definition) is 1. The van der Waals surface area contributed by atoms with Crippen LogP contribution in [0, 0.1) is 5.41 Å². The standard InChI is InChI=1S/C19H20O3/c1-19(2,3)12-14-10-7-11-15(18(21)22)16(14)17(20)13-8-5-4-6-9-13/h4-11H,12H2,1-3H3,(H,21,22). The first kappa shape index (κ1) is 16.0. The second-order valence-corrected chi connectivity index (χ2v) is 6.58. The summed E-state index contributed by atoms with van der Waals surface area (Å²) in [5.41, 5.74) is 1.61. The molecule has 2 aromatic carbocycles. The van der Waals surface area contributed by atoms with E-state index in [9.17, 15) is 14.7 Å². The minimum absolute atomic E-state index is 0.0388. The molecule has 2 aromatic rings. The van der Waals surface area contributed by atoms with Gasteiger partial charge in [0.25, 0.3) is 0 Å². The molecule has 0 bridgehead atoms. The largest absolute Gasteiger partial charge is 0.478 e. The molecule has 0 fully saturated rings. The van der Waals surface area contributed by atoms with E-state index >= 15 is 0 Å². The maximum atomic E-state index is 12.8. The van der Waals surface area contributed by atoms with Crippen LogP contribution in [-0.4, -0.2) is 16.9 Å². The molecule has 3 heteroatoms. The van der Waals surface area contributed by atoms with E-state index < -0.39 is 5.97 Å². The third-order valence-electron chi connectivity index (χ3n) is 3.36. The number of aromatic carboxylic acids is 1. The Morgan fingerprint density at radius 2 is 1.59 bits per heavy atom. The molecule has 3 nitrogen and oxygen atoms in total. The van der Waals surface area contributed by atoms with Crippen LogP contribution in [0.25, 0.3) is 0 Å². The van der Waals surface area contributed by atoms with Gasteiger partial charge in [-0.1, -0.05) is 63.2 Å². The monoisotopic (exact) mass is 296 g/mol. The van der Waals surface area contributed by atoms with Crippen molar-refractivity contribution in [3.63, 3.8) is 0 Å². The number of ketones is 1. The molecule has 0 spiro atoms. The first-order valence-corrected chi connectivity index (χ1v) is 7.24. The van der Waals surface area contributed by atoms with E-state index in [1.165, 1.54) is 6.07 Å². The molecule has 0 atom stereocenters. The zero-order valence-electron chi connectivity index (χ0n) is 13.1. The van der Waals surface area contributed by atoms with Gasteiger partial charge in [-0.25, -0.2) is 4.79 Å². The molecule has 0 aliphatic rings. The predicted molar refractivity (Wildman–Crippen MR) is 86.4 cm³/mol. The Balaban J connectivity index is 2.60. The normalized spacial score (nSPS) is 11.2. The van der Waals surface area contributed by atoms with Gasteiger partial charge < -0.3 is 5.11 Å². The van der Waals surface area contributed by atoms with Crippen LogP contribution >= 0.6 is 0 Å². The summed E-state index contributed by atoms with van der Waals surface area (Å²) in [6, 6.07) is 13.8. The summed E-state index contributed by atoms with van der Waals surface area (Å²) in [5.74, 6) is -1.31. The second-order valence-electron chi connectivity index (χ2n) is 6.58. The predicted octanol–water partition coefficient (Wildman–Crippen LogP) is 4.20. The molecule has 1 N–H and O–H groups in total. The van der Waals surface area contributed by atoms with Gasteiger partial charge in [0.15, 0.2) is 5.78 Å². The number of carbonyl (C=O) groups is 2. The van der Waals surface area contributed by atoms with Crippen LogP contribution in [0.5, 0.6) is 0 Å². The molecule has 0 saturated carbocycles. The molecule has 0 radical (unpaired) electrons.